The van der Waals surface area contributed by atoms with Crippen molar-refractivity contribution in [2.75, 3.05) is 10.6 Å². The summed E-state index contributed by atoms with van der Waals surface area (Å²) in [5.41, 5.74) is 2.05. The van der Waals surface area contributed by atoms with Crippen LogP contribution in [0.4, 0.5) is 16.3 Å². The van der Waals surface area contributed by atoms with Gasteiger partial charge in [0, 0.05) is 12.2 Å². The zero-order chi connectivity index (χ0) is 18.8. The van der Waals surface area contributed by atoms with E-state index >= 15 is 0 Å². The number of carbonyl (C=O) groups is 1. The van der Waals surface area contributed by atoms with Crippen LogP contribution >= 0.6 is 0 Å². The van der Waals surface area contributed by atoms with Gasteiger partial charge in [0.15, 0.2) is 5.82 Å². The summed E-state index contributed by atoms with van der Waals surface area (Å²) in [5, 5.41) is 17.8. The van der Waals surface area contributed by atoms with Crippen LogP contribution in [0.15, 0.2) is 55.1 Å². The Kier molecular flexibility index (Phi) is 4.25. The monoisotopic (exact) mass is 362 g/mol. The minimum absolute atomic E-state index is 0.201. The van der Waals surface area contributed by atoms with Crippen molar-refractivity contribution in [3.8, 4) is 11.5 Å². The van der Waals surface area contributed by atoms with Gasteiger partial charge >= 0.3 is 6.03 Å². The van der Waals surface area contributed by atoms with E-state index in [0.717, 1.165) is 5.52 Å². The van der Waals surface area contributed by atoms with Crippen molar-refractivity contribution < 1.29 is 4.79 Å². The van der Waals surface area contributed by atoms with E-state index in [1.54, 1.807) is 23.1 Å². The van der Waals surface area contributed by atoms with Crippen molar-refractivity contribution in [3.05, 3.63) is 55.1 Å². The summed E-state index contributed by atoms with van der Waals surface area (Å²) in [4.78, 5) is 16.8. The van der Waals surface area contributed by atoms with Crippen molar-refractivity contribution >= 4 is 23.1 Å². The lowest BCUT2D eigenvalue weighted by molar-refractivity contribution is 0.262. The number of nitrogens with zero attached hydrogens (tertiary/aromatic N) is 6. The average Bonchev–Trinajstić information content (AvgIpc) is 3.30. The van der Waals surface area contributed by atoms with Gasteiger partial charge in [0.2, 0.25) is 0 Å². The molecule has 4 aromatic heterocycles. The maximum atomic E-state index is 12.4. The van der Waals surface area contributed by atoms with Crippen molar-refractivity contribution in [2.45, 2.75) is 19.9 Å². The Bertz CT molecular complexity index is 1100. The fourth-order valence-electron chi connectivity index (χ4n) is 2.73. The largest absolute Gasteiger partial charge is 0.324 e. The molecule has 0 saturated carbocycles. The molecular formula is C18H18N8O. The van der Waals surface area contributed by atoms with Crippen LogP contribution in [0.2, 0.25) is 0 Å². The Morgan fingerprint density at radius 2 is 2.00 bits per heavy atom. The third-order valence-electron chi connectivity index (χ3n) is 4.02. The molecule has 0 saturated heterocycles. The number of carbonyl (C=O) groups excluding carboxylic acids is 1. The summed E-state index contributed by atoms with van der Waals surface area (Å²) in [6.07, 6.45) is 5.08. The number of amides is 2. The van der Waals surface area contributed by atoms with Gasteiger partial charge in [-0.15, -0.1) is 10.2 Å². The van der Waals surface area contributed by atoms with Crippen LogP contribution in [-0.4, -0.2) is 35.4 Å². The summed E-state index contributed by atoms with van der Waals surface area (Å²) < 4.78 is 3.61. The zero-order valence-electron chi connectivity index (χ0n) is 14.9. The number of fused-ring (bicyclic) bond motifs is 1. The molecule has 0 atom stereocenters. The van der Waals surface area contributed by atoms with Crippen molar-refractivity contribution in [1.29, 1.82) is 0 Å². The first-order valence-corrected chi connectivity index (χ1v) is 8.49. The van der Waals surface area contributed by atoms with E-state index in [1.165, 1.54) is 0 Å². The number of hydrogen-bond donors (Lipinski definition) is 2. The standard InChI is InChI=1S/C18H18N8O/c1-12(2)25-11-19-24-17(25)13-6-5-8-16(21-13)23-18(27)22-14-10-20-26-9-4-3-7-15(14)26/h3-12H,1-2H3,(H2,21,22,23,27). The molecule has 0 unspecified atom stereocenters. The van der Waals surface area contributed by atoms with Gasteiger partial charge in [0.1, 0.15) is 17.8 Å². The Labute approximate surface area is 155 Å². The lowest BCUT2D eigenvalue weighted by atomic mass is 10.3. The van der Waals surface area contributed by atoms with Crippen LogP contribution in [0.3, 0.4) is 0 Å². The molecule has 0 spiro atoms. The Morgan fingerprint density at radius 1 is 1.11 bits per heavy atom. The molecule has 9 heteroatoms. The van der Waals surface area contributed by atoms with Crippen LogP contribution in [-0.2, 0) is 0 Å². The van der Waals surface area contributed by atoms with E-state index in [0.29, 0.717) is 23.0 Å². The molecule has 0 fully saturated rings. The lowest BCUT2D eigenvalue weighted by Gasteiger charge is -2.11. The quantitative estimate of drug-likeness (QED) is 0.580. The van der Waals surface area contributed by atoms with Crippen molar-refractivity contribution in [2.24, 2.45) is 0 Å². The Hall–Kier alpha value is -3.75. The van der Waals surface area contributed by atoms with E-state index in [2.05, 4.69) is 30.9 Å². The fraction of sp³-hybridized carbons (Fsp3) is 0.167. The van der Waals surface area contributed by atoms with Crippen LogP contribution in [0.1, 0.15) is 19.9 Å². The molecular weight excluding hydrogens is 344 g/mol. The molecule has 4 rings (SSSR count). The number of rotatable bonds is 4. The van der Waals surface area contributed by atoms with E-state index in [9.17, 15) is 4.79 Å². The van der Waals surface area contributed by atoms with Gasteiger partial charge in [-0.3, -0.25) is 5.32 Å². The molecule has 0 aliphatic heterocycles. The fourth-order valence-corrected chi connectivity index (χ4v) is 2.73. The predicted octanol–water partition coefficient (Wildman–Crippen LogP) is 3.21. The lowest BCUT2D eigenvalue weighted by Crippen LogP contribution is -2.20. The summed E-state index contributed by atoms with van der Waals surface area (Å²) in [6.45, 7) is 4.08. The van der Waals surface area contributed by atoms with Crippen LogP contribution in [0.25, 0.3) is 17.0 Å². The molecule has 2 amide bonds. The highest BCUT2D eigenvalue weighted by Crippen LogP contribution is 2.20. The van der Waals surface area contributed by atoms with Gasteiger partial charge in [0.05, 0.1) is 17.4 Å². The topological polar surface area (TPSA) is 102 Å². The summed E-state index contributed by atoms with van der Waals surface area (Å²) in [7, 11) is 0. The Balaban J connectivity index is 1.53. The van der Waals surface area contributed by atoms with Gasteiger partial charge in [-0.25, -0.2) is 14.3 Å². The number of pyridine rings is 2. The molecule has 4 aromatic rings. The summed E-state index contributed by atoms with van der Waals surface area (Å²) >= 11 is 0. The molecule has 27 heavy (non-hydrogen) atoms. The molecule has 136 valence electrons. The molecule has 0 radical (unpaired) electrons. The molecule has 0 bridgehead atoms. The third-order valence-corrected chi connectivity index (χ3v) is 4.02. The third kappa shape index (κ3) is 3.34. The molecule has 0 aliphatic rings. The first-order chi connectivity index (χ1) is 13.1. The Morgan fingerprint density at radius 3 is 2.85 bits per heavy atom. The SMILES string of the molecule is CC(C)n1cnnc1-c1cccc(NC(=O)Nc2cnn3ccccc23)n1. The normalized spacial score (nSPS) is 11.1. The number of urea groups is 1. The predicted molar refractivity (Wildman–Crippen MR) is 101 cm³/mol. The molecule has 0 aromatic carbocycles. The minimum atomic E-state index is -0.399. The molecule has 2 N–H and O–H groups in total. The van der Waals surface area contributed by atoms with Crippen molar-refractivity contribution in [3.63, 3.8) is 0 Å². The van der Waals surface area contributed by atoms with Crippen LogP contribution in [0, 0.1) is 0 Å². The first kappa shape index (κ1) is 16.7. The molecule has 4 heterocycles. The van der Waals surface area contributed by atoms with Gasteiger partial charge in [-0.2, -0.15) is 5.10 Å². The van der Waals surface area contributed by atoms with Gasteiger partial charge < -0.3 is 9.88 Å². The number of hydrogen-bond acceptors (Lipinski definition) is 5. The average molecular weight is 362 g/mol. The highest BCUT2D eigenvalue weighted by Gasteiger charge is 2.13. The highest BCUT2D eigenvalue weighted by atomic mass is 16.2. The van der Waals surface area contributed by atoms with E-state index in [4.69, 9.17) is 0 Å². The maximum Gasteiger partial charge on any atom is 0.324 e. The maximum absolute atomic E-state index is 12.4. The number of anilines is 2. The summed E-state index contributed by atoms with van der Waals surface area (Å²) in [5.74, 6) is 1.07. The number of aromatic nitrogens is 6. The first-order valence-electron chi connectivity index (χ1n) is 8.49. The second-order valence-corrected chi connectivity index (χ2v) is 6.23. The van der Waals surface area contributed by atoms with Crippen molar-refractivity contribution in [1.82, 2.24) is 29.4 Å². The van der Waals surface area contributed by atoms with E-state index < -0.39 is 6.03 Å². The van der Waals surface area contributed by atoms with Crippen LogP contribution in [0.5, 0.6) is 0 Å². The van der Waals surface area contributed by atoms with E-state index in [1.807, 2.05) is 54.9 Å². The molecule has 0 aliphatic carbocycles. The second-order valence-electron chi connectivity index (χ2n) is 6.23. The smallest absolute Gasteiger partial charge is 0.310 e. The van der Waals surface area contributed by atoms with Crippen LogP contribution < -0.4 is 10.6 Å². The van der Waals surface area contributed by atoms with Gasteiger partial charge in [-0.1, -0.05) is 12.1 Å². The van der Waals surface area contributed by atoms with Gasteiger partial charge in [-0.05, 0) is 38.1 Å². The molecule has 9 nitrogen and oxygen atoms in total. The minimum Gasteiger partial charge on any atom is -0.310 e. The highest BCUT2D eigenvalue weighted by molar-refractivity contribution is 6.01. The zero-order valence-corrected chi connectivity index (χ0v) is 14.9. The summed E-state index contributed by atoms with van der Waals surface area (Å²) in [6, 6.07) is 10.8. The van der Waals surface area contributed by atoms with E-state index in [-0.39, 0.29) is 6.04 Å². The second kappa shape index (κ2) is 6.87. The number of nitrogens with one attached hydrogen (secondary N) is 2. The van der Waals surface area contributed by atoms with Gasteiger partial charge in [0.25, 0.3) is 0 Å².